The van der Waals surface area contributed by atoms with Gasteiger partial charge in [0.05, 0.1) is 11.1 Å². The van der Waals surface area contributed by atoms with Gasteiger partial charge in [0.2, 0.25) is 0 Å². The van der Waals surface area contributed by atoms with Gasteiger partial charge in [-0.25, -0.2) is 9.59 Å². The topological polar surface area (TPSA) is 61.8 Å². The van der Waals surface area contributed by atoms with E-state index in [1.54, 1.807) is 12.1 Å². The summed E-state index contributed by atoms with van der Waals surface area (Å²) in [5.74, 6) is -1.52. The minimum Gasteiger partial charge on any atom is -0.449 e. The Labute approximate surface area is 277 Å². The van der Waals surface area contributed by atoms with Crippen molar-refractivity contribution in [1.82, 2.24) is 0 Å². The van der Waals surface area contributed by atoms with Gasteiger partial charge < -0.3 is 14.2 Å². The Morgan fingerprint density at radius 2 is 1.17 bits per heavy atom. The van der Waals surface area contributed by atoms with Gasteiger partial charge in [0.15, 0.2) is 6.10 Å². The van der Waals surface area contributed by atoms with Crippen LogP contribution in [0.5, 0.6) is 5.75 Å². The van der Waals surface area contributed by atoms with E-state index >= 15 is 0 Å². The lowest BCUT2D eigenvalue weighted by atomic mass is 10.00. The van der Waals surface area contributed by atoms with Gasteiger partial charge in [-0.15, -0.1) is 0 Å². The molecule has 1 unspecified atom stereocenters. The van der Waals surface area contributed by atoms with Crippen LogP contribution in [0.2, 0.25) is 0 Å². The summed E-state index contributed by atoms with van der Waals surface area (Å²) in [6.07, 6.45) is 5.75. The molecule has 256 valence electrons. The van der Waals surface area contributed by atoms with Crippen LogP contribution in [-0.2, 0) is 15.9 Å². The highest BCUT2D eigenvalue weighted by Crippen LogP contribution is 2.28. The monoisotopic (exact) mass is 654 g/mol. The largest absolute Gasteiger partial charge is 0.449 e. The zero-order valence-corrected chi connectivity index (χ0v) is 27.8. The van der Waals surface area contributed by atoms with E-state index in [1.807, 2.05) is 19.1 Å². The third kappa shape index (κ3) is 13.9. The highest BCUT2D eigenvalue weighted by atomic mass is 19.4. The third-order valence-corrected chi connectivity index (χ3v) is 8.10. The second kappa shape index (κ2) is 20.6. The summed E-state index contributed by atoms with van der Waals surface area (Å²) >= 11 is 0. The summed E-state index contributed by atoms with van der Waals surface area (Å²) in [6.45, 7) is 5.14. The Morgan fingerprint density at radius 3 is 1.77 bits per heavy atom. The van der Waals surface area contributed by atoms with Gasteiger partial charge in [-0.2, -0.15) is 13.2 Å². The van der Waals surface area contributed by atoms with E-state index in [4.69, 9.17) is 14.2 Å². The summed E-state index contributed by atoms with van der Waals surface area (Å²) in [7, 11) is 0. The molecule has 0 bridgehead atoms. The van der Waals surface area contributed by atoms with Gasteiger partial charge in [0.1, 0.15) is 5.75 Å². The quantitative estimate of drug-likeness (QED) is 0.0650. The van der Waals surface area contributed by atoms with Crippen LogP contribution >= 0.6 is 0 Å². The summed E-state index contributed by atoms with van der Waals surface area (Å²) in [5, 5.41) is 0. The number of unbranched alkanes of at least 4 members (excludes halogenated alkanes) is 9. The van der Waals surface area contributed by atoms with E-state index in [-0.39, 0.29) is 24.2 Å². The molecule has 0 saturated carbocycles. The summed E-state index contributed by atoms with van der Waals surface area (Å²) < 4.78 is 55.8. The predicted molar refractivity (Wildman–Crippen MR) is 180 cm³/mol. The normalized spacial score (nSPS) is 12.1. The Bertz CT molecular complexity index is 1320. The molecule has 0 fully saturated rings. The minimum absolute atomic E-state index is 0.0661. The number of benzene rings is 3. The number of hydrogen-bond donors (Lipinski definition) is 0. The lowest BCUT2D eigenvalue weighted by Gasteiger charge is -2.20. The summed E-state index contributed by atoms with van der Waals surface area (Å²) in [4.78, 5) is 25.2. The second-order valence-electron chi connectivity index (χ2n) is 11.9. The molecule has 8 heteroatoms. The van der Waals surface area contributed by atoms with Gasteiger partial charge in [-0.3, -0.25) is 0 Å². The number of rotatable bonds is 21. The van der Waals surface area contributed by atoms with E-state index < -0.39 is 24.2 Å². The Hall–Kier alpha value is -3.65. The number of alkyl halides is 3. The van der Waals surface area contributed by atoms with Crippen molar-refractivity contribution in [3.8, 4) is 16.9 Å². The third-order valence-electron chi connectivity index (χ3n) is 8.10. The molecule has 1 atom stereocenters. The molecule has 47 heavy (non-hydrogen) atoms. The number of esters is 2. The molecule has 3 rings (SSSR count). The number of hydrogen-bond acceptors (Lipinski definition) is 5. The van der Waals surface area contributed by atoms with Crippen LogP contribution in [-0.4, -0.2) is 37.4 Å². The van der Waals surface area contributed by atoms with Crippen LogP contribution in [0.4, 0.5) is 13.2 Å². The first-order chi connectivity index (χ1) is 22.7. The first kappa shape index (κ1) is 37.8. The van der Waals surface area contributed by atoms with Crippen molar-refractivity contribution in [1.29, 1.82) is 0 Å². The lowest BCUT2D eigenvalue weighted by Crippen LogP contribution is -2.33. The van der Waals surface area contributed by atoms with Crippen LogP contribution in [0.25, 0.3) is 11.1 Å². The number of halogens is 3. The molecule has 5 nitrogen and oxygen atoms in total. The lowest BCUT2D eigenvalue weighted by molar-refractivity contribution is -0.206. The van der Waals surface area contributed by atoms with Crippen molar-refractivity contribution < 1.29 is 37.0 Å². The number of carbonyl (C=O) groups excluding carboxylic acids is 2. The predicted octanol–water partition coefficient (Wildman–Crippen LogP) is 10.9. The fourth-order valence-electron chi connectivity index (χ4n) is 5.29. The van der Waals surface area contributed by atoms with E-state index in [9.17, 15) is 22.8 Å². The zero-order valence-electron chi connectivity index (χ0n) is 27.8. The summed E-state index contributed by atoms with van der Waals surface area (Å²) in [6, 6.07) is 20.9. The van der Waals surface area contributed by atoms with E-state index in [0.29, 0.717) is 31.6 Å². The zero-order chi connectivity index (χ0) is 33.9. The first-order valence-electron chi connectivity index (χ1n) is 17.1. The number of aryl methyl sites for hydroxylation is 1. The molecule has 0 radical (unpaired) electrons. The van der Waals surface area contributed by atoms with Gasteiger partial charge in [-0.05, 0) is 92.1 Å². The molecule has 0 heterocycles. The smallest absolute Gasteiger partial charge is 0.425 e. The second-order valence-corrected chi connectivity index (χ2v) is 11.9. The molecule has 0 N–H and O–H groups in total. The highest BCUT2D eigenvalue weighted by molar-refractivity contribution is 5.92. The maximum absolute atomic E-state index is 13.5. The average molecular weight is 655 g/mol. The Kier molecular flexibility index (Phi) is 16.5. The SMILES string of the molecule is CCCCCCCCCCc1ccc(-c2ccc(C(=O)Oc3ccc(C(=O)OC(CCCCCOCC)C(F)(F)F)cc3)cc2)cc1. The molecule has 0 aliphatic rings. The molecule has 0 spiro atoms. The standard InChI is InChI=1S/C39H49F3O5/c1-3-5-6-7-8-9-10-12-15-30-17-19-31(20-18-30)32-21-23-33(24-22-32)37(43)46-35-27-25-34(26-28-35)38(44)47-36(39(40,41)42)16-13-11-14-29-45-4-2/h17-28,36H,3-16,29H2,1-2H3. The van der Waals surface area contributed by atoms with E-state index in [0.717, 1.165) is 17.5 Å². The van der Waals surface area contributed by atoms with Crippen molar-refractivity contribution in [3.63, 3.8) is 0 Å². The fraction of sp³-hybridized carbons (Fsp3) is 0.487. The summed E-state index contributed by atoms with van der Waals surface area (Å²) in [5.41, 5.74) is 3.64. The van der Waals surface area contributed by atoms with Gasteiger partial charge in [0.25, 0.3) is 0 Å². The van der Waals surface area contributed by atoms with Crippen molar-refractivity contribution in [2.45, 2.75) is 110 Å². The number of ether oxygens (including phenoxy) is 3. The maximum Gasteiger partial charge on any atom is 0.425 e. The van der Waals surface area contributed by atoms with Crippen LogP contribution < -0.4 is 4.74 Å². The Morgan fingerprint density at radius 1 is 0.638 bits per heavy atom. The molecular weight excluding hydrogens is 605 g/mol. The van der Waals surface area contributed by atoms with E-state index in [2.05, 4.69) is 31.2 Å². The van der Waals surface area contributed by atoms with Gasteiger partial charge in [0, 0.05) is 13.2 Å². The molecule has 3 aromatic carbocycles. The van der Waals surface area contributed by atoms with Crippen molar-refractivity contribution in [2.24, 2.45) is 0 Å². The highest BCUT2D eigenvalue weighted by Gasteiger charge is 2.42. The maximum atomic E-state index is 13.5. The van der Waals surface area contributed by atoms with Crippen molar-refractivity contribution >= 4 is 11.9 Å². The average Bonchev–Trinajstić information content (AvgIpc) is 3.07. The molecular formula is C39H49F3O5. The molecule has 0 saturated heterocycles. The van der Waals surface area contributed by atoms with E-state index in [1.165, 1.54) is 81.2 Å². The molecule has 0 amide bonds. The first-order valence-corrected chi connectivity index (χ1v) is 17.1. The van der Waals surface area contributed by atoms with Crippen LogP contribution in [0.3, 0.4) is 0 Å². The van der Waals surface area contributed by atoms with Gasteiger partial charge >= 0.3 is 18.1 Å². The van der Waals surface area contributed by atoms with Crippen LogP contribution in [0.15, 0.2) is 72.8 Å². The fourth-order valence-corrected chi connectivity index (χ4v) is 5.29. The molecule has 0 aliphatic carbocycles. The van der Waals surface area contributed by atoms with Crippen molar-refractivity contribution in [3.05, 3.63) is 89.5 Å². The van der Waals surface area contributed by atoms with Crippen LogP contribution in [0, 0.1) is 0 Å². The Balaban J connectivity index is 1.45. The molecule has 3 aromatic rings. The van der Waals surface area contributed by atoms with Crippen LogP contribution in [0.1, 0.15) is 117 Å². The number of carbonyl (C=O) groups is 2. The molecule has 0 aliphatic heterocycles. The van der Waals surface area contributed by atoms with Crippen molar-refractivity contribution in [2.75, 3.05) is 13.2 Å². The minimum atomic E-state index is -4.67. The molecule has 0 aromatic heterocycles. The van der Waals surface area contributed by atoms with Gasteiger partial charge in [-0.1, -0.05) is 94.7 Å².